The van der Waals surface area contributed by atoms with Crippen molar-refractivity contribution in [3.05, 3.63) is 273 Å². The van der Waals surface area contributed by atoms with Crippen molar-refractivity contribution in [3.8, 4) is 113 Å². The van der Waals surface area contributed by atoms with Crippen LogP contribution < -0.4 is 60.1 Å². The molecule has 0 N–H and O–H groups in total. The summed E-state index contributed by atoms with van der Waals surface area (Å²) in [5.74, 6) is 0.0917. The first-order chi connectivity index (χ1) is 60.0. The Balaban J connectivity index is 0.000000153. The molecule has 28 nitrogen and oxygen atoms in total. The maximum Gasteiger partial charge on any atom is 0.573 e. The molecule has 2 saturated heterocycles. The van der Waals surface area contributed by atoms with Crippen molar-refractivity contribution in [1.29, 1.82) is 0 Å². The second-order valence-corrected chi connectivity index (χ2v) is 28.2. The average molecular weight is 1760 g/mol. The molecule has 2 fully saturated rings. The third-order valence-electron chi connectivity index (χ3n) is 19.0. The Morgan fingerprint density at radius 3 is 0.921 bits per heavy atom. The highest BCUT2D eigenvalue weighted by molar-refractivity contribution is 5.78. The molecular weight excluding hydrogens is 1680 g/mol. The highest BCUT2D eigenvalue weighted by atomic mass is 19.4. The van der Waals surface area contributed by atoms with Crippen LogP contribution in [-0.4, -0.2) is 165 Å². The third-order valence-corrected chi connectivity index (χ3v) is 19.0. The van der Waals surface area contributed by atoms with Crippen molar-refractivity contribution in [1.82, 2.24) is 67.2 Å². The zero-order chi connectivity index (χ0) is 90.0. The van der Waals surface area contributed by atoms with Crippen LogP contribution in [0, 0.1) is 0 Å². The Kier molecular flexibility index (Phi) is 29.1. The molecule has 0 unspecified atom stereocenters. The number of halogens is 12. The number of rotatable bonds is 27. The van der Waals surface area contributed by atoms with E-state index in [2.05, 4.69) is 44.2 Å². The summed E-state index contributed by atoms with van der Waals surface area (Å²) in [7, 11) is 8.59. The van der Waals surface area contributed by atoms with Crippen LogP contribution in [0.4, 0.5) is 52.7 Å². The lowest BCUT2D eigenvalue weighted by atomic mass is 10.1. The average Bonchev–Trinajstić information content (AvgIpc) is 1.48. The summed E-state index contributed by atoms with van der Waals surface area (Å²) in [4.78, 5) is 66.8. The van der Waals surface area contributed by atoms with Gasteiger partial charge in [-0.25, -0.2) is 0 Å². The molecule has 0 radical (unpaired) electrons. The summed E-state index contributed by atoms with van der Waals surface area (Å²) >= 11 is 0. The standard InChI is InChI=1S/C23H18F3N3O3.C22H21F3N4O4.C22H23F3N4O3.C19H18F3N3O4/c1-28-13-17(12-27-28)20-14-29(18-7-9-19(10-8-18)32-23(24,25)26)22(30)11-21(20)31-15-16-5-3-2-4-6-16;1-27-13-15(12-26-27)18-14-29(16-4-6-17(7-5-16)33-22(23,24)25)21(31)11-19(18)32-10-9-28-8-2-3-20(28)30;1-27-14-16(13-26-27)19-15-29(17-4-6-18(7-5-17)32-22(23,24)25)21(30)12-20(19)31-11-10-28-8-2-3-9-28;1-24-11-13(10-23-24)16-12-25(18(26)9-17(16)28-8-7-27-2)14-3-5-15(6-4-14)29-19(20,21)22/h2-14H,15H2,1H3;4-7,11-14H,2-3,8-10H2,1H3;4-7,12-15H,2-3,8-11H2,1H3;3-6,9-12H,7-8H2,1-2H3. The Labute approximate surface area is 708 Å². The fourth-order valence-corrected chi connectivity index (χ4v) is 13.2. The number of aromatic nitrogens is 12. The van der Waals surface area contributed by atoms with Crippen LogP contribution in [0.5, 0.6) is 46.0 Å². The fraction of sp³-hybridized carbons (Fsp3) is 0.267. The van der Waals surface area contributed by atoms with Crippen molar-refractivity contribution in [2.45, 2.75) is 57.7 Å². The molecule has 15 rings (SSSR count). The molecule has 126 heavy (non-hydrogen) atoms. The zero-order valence-electron chi connectivity index (χ0n) is 67.8. The van der Waals surface area contributed by atoms with Crippen LogP contribution in [0.15, 0.2) is 245 Å². The monoisotopic (exact) mass is 1760 g/mol. The summed E-state index contributed by atoms with van der Waals surface area (Å²) in [5.41, 5.74) is 6.19. The first-order valence-electron chi connectivity index (χ1n) is 38.5. The number of aryl methyl sites for hydroxylation is 4. The SMILES string of the molecule is COCCOc1cc(=O)n(-c2ccc(OC(F)(F)F)cc2)cc1-c1cnn(C)c1.Cn1cc(-c2cn(-c3ccc(OC(F)(F)F)cc3)c(=O)cc2OCCN2CCCC2)cn1.Cn1cc(-c2cn(-c3ccc(OC(F)(F)F)cc3)c(=O)cc2OCCN2CCCC2=O)cn1.Cn1cc(-c2cn(-c3ccc(OC(F)(F)F)cc3)c(=O)cc2OCc2ccccc2)cn1. The van der Waals surface area contributed by atoms with Gasteiger partial charge in [-0.1, -0.05) is 30.3 Å². The van der Waals surface area contributed by atoms with E-state index in [-0.39, 0.29) is 54.3 Å². The maximum absolute atomic E-state index is 12.8. The summed E-state index contributed by atoms with van der Waals surface area (Å²) in [6.45, 7) is 5.49. The van der Waals surface area contributed by atoms with Crippen LogP contribution in [0.2, 0.25) is 0 Å². The van der Waals surface area contributed by atoms with Crippen molar-refractivity contribution < 1.29 is 100 Å². The fourth-order valence-electron chi connectivity index (χ4n) is 13.2. The summed E-state index contributed by atoms with van der Waals surface area (Å²) in [5, 5.41) is 16.6. The van der Waals surface area contributed by atoms with Gasteiger partial charge in [-0.3, -0.25) is 65.9 Å². The second-order valence-electron chi connectivity index (χ2n) is 28.2. The van der Waals surface area contributed by atoms with Crippen molar-refractivity contribution in [2.24, 2.45) is 28.2 Å². The number of carbonyl (C=O) groups excluding carboxylic acids is 1. The van der Waals surface area contributed by atoms with Gasteiger partial charge in [0.15, 0.2) is 0 Å². The Morgan fingerprint density at radius 2 is 0.643 bits per heavy atom. The normalized spacial score (nSPS) is 12.9. The van der Waals surface area contributed by atoms with Gasteiger partial charge < -0.3 is 47.5 Å². The number of nitrogens with zero attached hydrogens (tertiary/aromatic N) is 14. The second kappa shape index (κ2) is 40.3. The highest BCUT2D eigenvalue weighted by Gasteiger charge is 2.34. The molecule has 0 aliphatic carbocycles. The quantitative estimate of drug-likeness (QED) is 0.0342. The van der Waals surface area contributed by atoms with E-state index >= 15 is 0 Å². The first kappa shape index (κ1) is 90.9. The first-order valence-corrected chi connectivity index (χ1v) is 38.5. The van der Waals surface area contributed by atoms with Crippen LogP contribution in [0.25, 0.3) is 67.3 Å². The molecule has 1 amide bonds. The summed E-state index contributed by atoms with van der Waals surface area (Å²) in [6.07, 6.45) is 4.50. The van der Waals surface area contributed by atoms with E-state index < -0.39 is 42.1 Å². The summed E-state index contributed by atoms with van der Waals surface area (Å²) < 4.78 is 204. The molecule has 0 atom stereocenters. The van der Waals surface area contributed by atoms with E-state index in [0.717, 1.165) is 79.1 Å². The van der Waals surface area contributed by atoms with Crippen molar-refractivity contribution >= 4 is 5.91 Å². The van der Waals surface area contributed by atoms with E-state index in [4.69, 9.17) is 23.7 Å². The third kappa shape index (κ3) is 25.7. The molecule has 0 spiro atoms. The zero-order valence-corrected chi connectivity index (χ0v) is 67.8. The van der Waals surface area contributed by atoms with Gasteiger partial charge in [0.2, 0.25) is 5.91 Å². The summed E-state index contributed by atoms with van der Waals surface area (Å²) in [6, 6.07) is 35.0. The number of amides is 1. The highest BCUT2D eigenvalue weighted by Crippen LogP contribution is 2.36. The van der Waals surface area contributed by atoms with Crippen molar-refractivity contribution in [3.63, 3.8) is 0 Å². The van der Waals surface area contributed by atoms with Gasteiger partial charge in [0, 0.05) is 196 Å². The van der Waals surface area contributed by atoms with E-state index in [1.165, 1.54) is 123 Å². The number of ether oxygens (including phenoxy) is 9. The molecule has 8 aromatic heterocycles. The molecular formula is C86H80F12N14O14. The largest absolute Gasteiger partial charge is 0.573 e. The van der Waals surface area contributed by atoms with E-state index in [1.807, 2.05) is 30.3 Å². The molecule has 662 valence electrons. The number of methoxy groups -OCH3 is 1. The van der Waals surface area contributed by atoms with Gasteiger partial charge in [0.25, 0.3) is 22.2 Å². The number of hydrogen-bond donors (Lipinski definition) is 0. The number of likely N-dealkylation sites (tertiary alicyclic amines) is 2. The van der Waals surface area contributed by atoms with E-state index in [1.54, 1.807) is 126 Å². The lowest BCUT2D eigenvalue weighted by molar-refractivity contribution is -0.275. The molecule has 10 heterocycles. The lowest BCUT2D eigenvalue weighted by Crippen LogP contribution is -2.29. The minimum absolute atomic E-state index is 0.0828. The number of pyridine rings is 4. The lowest BCUT2D eigenvalue weighted by Gasteiger charge is -2.18. The number of carbonyl (C=O) groups is 1. The molecule has 2 aliphatic rings. The molecule has 13 aromatic rings. The van der Waals surface area contributed by atoms with Gasteiger partial charge in [-0.05, 0) is 135 Å². The van der Waals surface area contributed by atoms with E-state index in [0.29, 0.717) is 112 Å². The Bertz CT molecular complexity index is 6080. The Morgan fingerprint density at radius 1 is 0.341 bits per heavy atom. The minimum Gasteiger partial charge on any atom is -0.491 e. The molecule has 0 bridgehead atoms. The van der Waals surface area contributed by atoms with Crippen molar-refractivity contribution in [2.75, 3.05) is 66.3 Å². The van der Waals surface area contributed by atoms with Crippen LogP contribution in [-0.2, 0) is 44.3 Å². The van der Waals surface area contributed by atoms with E-state index in [9.17, 15) is 76.7 Å². The molecule has 40 heteroatoms. The molecule has 2 aliphatic heterocycles. The number of benzene rings is 5. The predicted molar refractivity (Wildman–Crippen MR) is 434 cm³/mol. The number of hydrogen-bond acceptors (Lipinski definition) is 19. The minimum atomic E-state index is -4.80. The molecule has 0 saturated carbocycles. The number of alkyl halides is 12. The topological polar surface area (TPSA) is 266 Å². The van der Waals surface area contributed by atoms with Gasteiger partial charge in [-0.2, -0.15) is 20.4 Å². The van der Waals surface area contributed by atoms with Crippen LogP contribution in [0.1, 0.15) is 31.2 Å². The van der Waals surface area contributed by atoms with Crippen LogP contribution >= 0.6 is 0 Å². The maximum atomic E-state index is 12.8. The smallest absolute Gasteiger partial charge is 0.491 e. The predicted octanol–water partition coefficient (Wildman–Crippen LogP) is 14.6. The van der Waals surface area contributed by atoms with Gasteiger partial charge in [0.1, 0.15) is 72.4 Å². The molecule has 5 aromatic carbocycles. The van der Waals surface area contributed by atoms with Gasteiger partial charge in [0.05, 0.1) is 37.9 Å². The Hall–Kier alpha value is -14.3. The van der Waals surface area contributed by atoms with Gasteiger partial charge in [-0.15, -0.1) is 52.7 Å². The van der Waals surface area contributed by atoms with Gasteiger partial charge >= 0.3 is 25.4 Å². The van der Waals surface area contributed by atoms with Crippen LogP contribution in [0.3, 0.4) is 0 Å².